The van der Waals surface area contributed by atoms with Gasteiger partial charge in [0.15, 0.2) is 0 Å². The highest BCUT2D eigenvalue weighted by Gasteiger charge is 2.39. The van der Waals surface area contributed by atoms with Crippen molar-refractivity contribution >= 4 is 75.3 Å². The summed E-state index contributed by atoms with van der Waals surface area (Å²) in [5.41, 5.74) is 12.5. The first kappa shape index (κ1) is 61.1. The molecule has 414 valence electrons. The molecule has 1 fully saturated rings. The highest BCUT2D eigenvalue weighted by atomic mass is 35.5. The van der Waals surface area contributed by atoms with Crippen LogP contribution in [0.1, 0.15) is 95.8 Å². The number of rotatable bonds is 26. The molecule has 3 aromatic rings. The van der Waals surface area contributed by atoms with Gasteiger partial charge in [-0.05, 0) is 103 Å². The zero-order valence-electron chi connectivity index (χ0n) is 43.2. The Morgan fingerprint density at radius 3 is 2.11 bits per heavy atom. The maximum atomic E-state index is 14.4. The molecule has 3 aromatic carbocycles. The number of hydrogen-bond donors (Lipinski definition) is 8. The monoisotopic (exact) mass is 1100 g/mol. The van der Waals surface area contributed by atoms with Gasteiger partial charge in [0, 0.05) is 30.2 Å². The van der Waals surface area contributed by atoms with Crippen LogP contribution < -0.4 is 42.8 Å². The van der Waals surface area contributed by atoms with E-state index in [0.717, 1.165) is 5.56 Å². The highest BCUT2D eigenvalue weighted by Crippen LogP contribution is 2.21. The zero-order chi connectivity index (χ0) is 56.0. The number of sulfonamides is 1. The molecule has 1 heterocycles. The Balaban J connectivity index is 1.44. The number of benzene rings is 3. The summed E-state index contributed by atoms with van der Waals surface area (Å²) in [6.45, 7) is 7.93. The molecule has 0 saturated carbocycles. The van der Waals surface area contributed by atoms with Gasteiger partial charge in [0.1, 0.15) is 49.0 Å². The molecule has 1 aliphatic rings. The summed E-state index contributed by atoms with van der Waals surface area (Å²) in [5, 5.41) is 13.3. The number of alkyl carbamates (subject to hydrolysis) is 2. The fourth-order valence-corrected chi connectivity index (χ4v) is 8.70. The molecule has 10 N–H and O–H groups in total. The second kappa shape index (κ2) is 29.6. The second-order valence-corrected chi connectivity index (χ2v) is 21.0. The molecule has 0 bridgehead atoms. The number of amides is 7. The van der Waals surface area contributed by atoms with Crippen LogP contribution in [0.3, 0.4) is 0 Å². The lowest BCUT2D eigenvalue weighted by Crippen LogP contribution is -2.58. The van der Waals surface area contributed by atoms with Crippen molar-refractivity contribution in [3.63, 3.8) is 0 Å². The summed E-state index contributed by atoms with van der Waals surface area (Å²) in [6.07, 6.45) is -1.17. The predicted molar refractivity (Wildman–Crippen MR) is 280 cm³/mol. The van der Waals surface area contributed by atoms with Crippen LogP contribution in [0.4, 0.5) is 9.59 Å². The van der Waals surface area contributed by atoms with E-state index in [1.807, 2.05) is 0 Å². The Hall–Kier alpha value is -7.47. The molecule has 0 spiro atoms. The number of carbonyl (C=O) groups is 8. The molecule has 5 atom stereocenters. The van der Waals surface area contributed by atoms with Crippen molar-refractivity contribution in [1.29, 1.82) is 0 Å². The summed E-state index contributed by atoms with van der Waals surface area (Å²) in [6, 6.07) is 15.3. The number of aliphatic imine (C=N–C) groups is 1. The molecule has 4 rings (SSSR count). The van der Waals surface area contributed by atoms with Gasteiger partial charge in [-0.3, -0.25) is 29.0 Å². The Morgan fingerprint density at radius 2 is 1.43 bits per heavy atom. The van der Waals surface area contributed by atoms with Crippen molar-refractivity contribution in [3.8, 4) is 0 Å². The number of unbranched alkanes of at least 4 members (excludes halogenated alkanes) is 1. The van der Waals surface area contributed by atoms with Crippen LogP contribution in [0, 0.1) is 6.92 Å². The molecule has 0 unspecified atom stereocenters. The first-order valence-corrected chi connectivity index (χ1v) is 26.5. The fraction of sp³-hybridized carbons (Fsp3) is 0.471. The maximum absolute atomic E-state index is 14.4. The number of hydrogen-bond acceptors (Lipinski definition) is 14. The minimum atomic E-state index is -4.09. The number of carbonyl (C=O) groups excluding carboxylic acids is 8. The van der Waals surface area contributed by atoms with Crippen molar-refractivity contribution in [3.05, 3.63) is 101 Å². The molecule has 0 aliphatic carbocycles. The van der Waals surface area contributed by atoms with E-state index in [2.05, 4.69) is 36.3 Å². The van der Waals surface area contributed by atoms with Crippen molar-refractivity contribution in [2.75, 3.05) is 19.6 Å². The Kier molecular flexibility index (Phi) is 23.8. The summed E-state index contributed by atoms with van der Waals surface area (Å²) in [5.74, 6) is -5.32. The van der Waals surface area contributed by atoms with Gasteiger partial charge < -0.3 is 57.2 Å². The summed E-state index contributed by atoms with van der Waals surface area (Å²) < 4.78 is 44.0. The topological polar surface area (TPSA) is 338 Å². The Morgan fingerprint density at radius 1 is 0.776 bits per heavy atom. The van der Waals surface area contributed by atoms with Crippen LogP contribution >= 0.6 is 11.6 Å². The van der Waals surface area contributed by atoms with Gasteiger partial charge in [0.25, 0.3) is 10.0 Å². The first-order valence-electron chi connectivity index (χ1n) is 24.7. The number of guanidine groups is 1. The third kappa shape index (κ3) is 21.0. The number of halogens is 1. The number of nitrogens with one attached hydrogen (secondary N) is 6. The van der Waals surface area contributed by atoms with Gasteiger partial charge in [-0.15, -0.1) is 0 Å². The number of likely N-dealkylation sites (tertiary alicyclic amines) is 1. The standard InChI is InChI=1S/C51H69ClN10O13S/c1-32-22-24-36(25-23-32)76(71,72)61-48(54)55-27-13-20-38(58-44(65)40(29-42(53)63)60-50(70)75-51(3,4)5)46(67)62-28-14-21-41(62)45(66)57-33(2)43(64)59-39(47(68)73-30-34-15-7-6-8-16-34)19-11-12-26-56-49(69)74-31-35-17-9-10-18-37(35)52/h6-10,15-18,22-25,33,38-41H,11-14,19-21,26-31H2,1-5H3,(H2,53,63)(H,56,69)(H,57,66)(H,58,65)(H,59,64)(H,60,70)(H3,54,55,61)/t33-,38-,39-,40-,41-/m0/s1. The number of ether oxygens (including phenoxy) is 3. The molecular formula is C51H69ClN10O13S. The number of nitrogens with zero attached hydrogens (tertiary/aromatic N) is 2. The molecule has 23 nitrogen and oxygen atoms in total. The van der Waals surface area contributed by atoms with E-state index in [4.69, 9.17) is 37.3 Å². The van der Waals surface area contributed by atoms with Gasteiger partial charge in [0.2, 0.25) is 35.5 Å². The minimum absolute atomic E-state index is 0.0218. The molecular weight excluding hydrogens is 1030 g/mol. The molecule has 76 heavy (non-hydrogen) atoms. The second-order valence-electron chi connectivity index (χ2n) is 18.9. The molecule has 1 saturated heterocycles. The lowest BCUT2D eigenvalue weighted by atomic mass is 10.1. The molecule has 1 aliphatic heterocycles. The largest absolute Gasteiger partial charge is 0.459 e. The average molecular weight is 1100 g/mol. The van der Waals surface area contributed by atoms with Crippen LogP contribution in [0.25, 0.3) is 0 Å². The summed E-state index contributed by atoms with van der Waals surface area (Å²) in [7, 11) is -4.09. The van der Waals surface area contributed by atoms with Crippen molar-refractivity contribution in [2.45, 2.75) is 140 Å². The van der Waals surface area contributed by atoms with Crippen molar-refractivity contribution in [2.24, 2.45) is 16.5 Å². The lowest BCUT2D eigenvalue weighted by Gasteiger charge is -2.30. The van der Waals surface area contributed by atoms with E-state index in [-0.39, 0.29) is 63.4 Å². The van der Waals surface area contributed by atoms with Crippen LogP contribution in [-0.4, -0.2) is 122 Å². The van der Waals surface area contributed by atoms with Crippen LogP contribution in [0.5, 0.6) is 0 Å². The Labute approximate surface area is 447 Å². The minimum Gasteiger partial charge on any atom is -0.459 e. The smallest absolute Gasteiger partial charge is 0.408 e. The lowest BCUT2D eigenvalue weighted by molar-refractivity contribution is -0.149. The van der Waals surface area contributed by atoms with Crippen LogP contribution in [0.15, 0.2) is 88.8 Å². The van der Waals surface area contributed by atoms with E-state index >= 15 is 0 Å². The van der Waals surface area contributed by atoms with Gasteiger partial charge in [-0.25, -0.2) is 27.5 Å². The molecule has 0 radical (unpaired) electrons. The molecule has 25 heteroatoms. The van der Waals surface area contributed by atoms with Crippen LogP contribution in [-0.2, 0) is 66.2 Å². The van der Waals surface area contributed by atoms with Crippen molar-refractivity contribution < 1.29 is 61.0 Å². The number of nitrogens with two attached hydrogens (primary N) is 2. The van der Waals surface area contributed by atoms with E-state index in [9.17, 15) is 46.8 Å². The van der Waals surface area contributed by atoms with Crippen molar-refractivity contribution in [1.82, 2.24) is 36.2 Å². The van der Waals surface area contributed by atoms with E-state index in [1.165, 1.54) is 24.0 Å². The van der Waals surface area contributed by atoms with E-state index in [0.29, 0.717) is 35.4 Å². The normalized spacial score (nSPS) is 15.2. The van der Waals surface area contributed by atoms with E-state index in [1.54, 1.807) is 94.4 Å². The Bertz CT molecular complexity index is 2640. The van der Waals surface area contributed by atoms with Gasteiger partial charge in [-0.2, -0.15) is 0 Å². The van der Waals surface area contributed by atoms with Crippen LogP contribution in [0.2, 0.25) is 5.02 Å². The predicted octanol–water partition coefficient (Wildman–Crippen LogP) is 3.10. The maximum Gasteiger partial charge on any atom is 0.408 e. The quantitative estimate of drug-likeness (QED) is 0.0188. The highest BCUT2D eigenvalue weighted by molar-refractivity contribution is 7.90. The summed E-state index contributed by atoms with van der Waals surface area (Å²) >= 11 is 6.14. The van der Waals surface area contributed by atoms with E-state index < -0.39 is 106 Å². The fourth-order valence-electron chi connectivity index (χ4n) is 7.56. The average Bonchev–Trinajstić information content (AvgIpc) is 3.85. The number of esters is 1. The third-order valence-corrected chi connectivity index (χ3v) is 13.2. The summed E-state index contributed by atoms with van der Waals surface area (Å²) in [4.78, 5) is 112. The first-order chi connectivity index (χ1) is 35.9. The number of aryl methyl sites for hydroxylation is 1. The third-order valence-electron chi connectivity index (χ3n) is 11.5. The SMILES string of the molecule is Cc1ccc(S(=O)(=O)NC(N)=NCCC[C@H](NC(=O)[C@H](CC(N)=O)NC(=O)OC(C)(C)C)C(=O)N2CCC[C@H]2C(=O)N[C@@H](C)C(=O)N[C@@H](CCCCNC(=O)OCc2ccccc2Cl)C(=O)OCc2ccccc2)cc1. The van der Waals surface area contributed by atoms with Gasteiger partial charge in [0.05, 0.1) is 11.3 Å². The molecule has 7 amide bonds. The molecule has 0 aromatic heterocycles. The van der Waals surface area contributed by atoms with Gasteiger partial charge in [-0.1, -0.05) is 77.8 Å². The van der Waals surface area contributed by atoms with Gasteiger partial charge >= 0.3 is 18.2 Å². The number of primary amides is 1. The zero-order valence-corrected chi connectivity index (χ0v) is 44.8.